The van der Waals surface area contributed by atoms with Crippen molar-refractivity contribution in [2.75, 3.05) is 0 Å². The first kappa shape index (κ1) is 16.4. The van der Waals surface area contributed by atoms with Gasteiger partial charge in [-0.15, -0.1) is 0 Å². The lowest BCUT2D eigenvalue weighted by atomic mass is 10.0. The van der Waals surface area contributed by atoms with E-state index in [1.807, 2.05) is 47.3 Å². The summed E-state index contributed by atoms with van der Waals surface area (Å²) in [6.07, 6.45) is 3.89. The zero-order valence-electron chi connectivity index (χ0n) is 12.6. The van der Waals surface area contributed by atoms with Crippen LogP contribution >= 0.6 is 34.8 Å². The van der Waals surface area contributed by atoms with Crippen molar-refractivity contribution in [3.8, 4) is 16.9 Å². The van der Waals surface area contributed by atoms with Gasteiger partial charge in [0.25, 0.3) is 0 Å². The van der Waals surface area contributed by atoms with Gasteiger partial charge in [0.1, 0.15) is 0 Å². The SMILES string of the molecule is CCCc1cnn(-c2ccc(Cl)cc2Cl)c1-c1ccc(Cl)cc1. The third-order valence-electron chi connectivity index (χ3n) is 3.62. The van der Waals surface area contributed by atoms with Crippen LogP contribution in [0.2, 0.25) is 15.1 Å². The third-order valence-corrected chi connectivity index (χ3v) is 4.41. The van der Waals surface area contributed by atoms with E-state index in [1.54, 1.807) is 6.07 Å². The summed E-state index contributed by atoms with van der Waals surface area (Å²) in [7, 11) is 0. The van der Waals surface area contributed by atoms with Crippen LogP contribution in [-0.2, 0) is 6.42 Å². The van der Waals surface area contributed by atoms with E-state index >= 15 is 0 Å². The average Bonchev–Trinajstić information content (AvgIpc) is 2.92. The standard InChI is InChI=1S/C18H15Cl3N2/c1-2-3-13-11-22-23(17-9-8-15(20)10-16(17)21)18(13)12-4-6-14(19)7-5-12/h4-11H,2-3H2,1H3. The zero-order valence-corrected chi connectivity index (χ0v) is 14.8. The largest absolute Gasteiger partial charge is 0.231 e. The summed E-state index contributed by atoms with van der Waals surface area (Å²) in [6, 6.07) is 13.2. The Balaban J connectivity index is 2.19. The van der Waals surface area contributed by atoms with Crippen molar-refractivity contribution >= 4 is 34.8 Å². The topological polar surface area (TPSA) is 17.8 Å². The first-order valence-electron chi connectivity index (χ1n) is 7.38. The van der Waals surface area contributed by atoms with E-state index < -0.39 is 0 Å². The highest BCUT2D eigenvalue weighted by atomic mass is 35.5. The fourth-order valence-electron chi connectivity index (χ4n) is 2.59. The van der Waals surface area contributed by atoms with Gasteiger partial charge in [0, 0.05) is 15.6 Å². The van der Waals surface area contributed by atoms with Crippen molar-refractivity contribution in [2.24, 2.45) is 0 Å². The summed E-state index contributed by atoms with van der Waals surface area (Å²) in [5.74, 6) is 0. The Morgan fingerprint density at radius 1 is 0.957 bits per heavy atom. The van der Waals surface area contributed by atoms with Crippen LogP contribution in [0, 0.1) is 0 Å². The van der Waals surface area contributed by atoms with Gasteiger partial charge in [-0.3, -0.25) is 0 Å². The first-order chi connectivity index (χ1) is 11.1. The van der Waals surface area contributed by atoms with E-state index in [-0.39, 0.29) is 0 Å². The molecule has 3 aromatic rings. The molecule has 0 radical (unpaired) electrons. The van der Waals surface area contributed by atoms with Gasteiger partial charge in [0.15, 0.2) is 0 Å². The summed E-state index contributed by atoms with van der Waals surface area (Å²) in [5.41, 5.74) is 4.08. The van der Waals surface area contributed by atoms with Gasteiger partial charge < -0.3 is 0 Å². The normalized spacial score (nSPS) is 11.0. The minimum absolute atomic E-state index is 0.568. The highest BCUT2D eigenvalue weighted by molar-refractivity contribution is 6.35. The minimum atomic E-state index is 0.568. The molecule has 0 amide bonds. The molecule has 0 aliphatic carbocycles. The molecule has 1 aromatic heterocycles. The first-order valence-corrected chi connectivity index (χ1v) is 8.51. The molecule has 0 N–H and O–H groups in total. The van der Waals surface area contributed by atoms with Crippen LogP contribution in [0.3, 0.4) is 0 Å². The Bertz CT molecular complexity index is 823. The average molecular weight is 366 g/mol. The molecular formula is C18H15Cl3N2. The number of hydrogen-bond acceptors (Lipinski definition) is 1. The van der Waals surface area contributed by atoms with E-state index in [0.717, 1.165) is 29.8 Å². The molecule has 23 heavy (non-hydrogen) atoms. The number of aromatic nitrogens is 2. The maximum absolute atomic E-state index is 6.37. The van der Waals surface area contributed by atoms with Gasteiger partial charge >= 0.3 is 0 Å². The summed E-state index contributed by atoms with van der Waals surface area (Å²) in [5, 5.41) is 6.43. The Hall–Kier alpha value is -1.48. The van der Waals surface area contributed by atoms with Gasteiger partial charge in [0.2, 0.25) is 0 Å². The molecule has 2 aromatic carbocycles. The van der Waals surface area contributed by atoms with Crippen LogP contribution < -0.4 is 0 Å². The lowest BCUT2D eigenvalue weighted by Gasteiger charge is -2.12. The maximum Gasteiger partial charge on any atom is 0.0840 e. The maximum atomic E-state index is 6.37. The molecule has 5 heteroatoms. The minimum Gasteiger partial charge on any atom is -0.231 e. The molecule has 1 heterocycles. The van der Waals surface area contributed by atoms with E-state index in [1.165, 1.54) is 5.56 Å². The molecule has 0 saturated carbocycles. The zero-order chi connectivity index (χ0) is 16.4. The van der Waals surface area contributed by atoms with E-state index in [4.69, 9.17) is 34.8 Å². The van der Waals surface area contributed by atoms with E-state index in [2.05, 4.69) is 12.0 Å². The molecule has 0 aliphatic rings. The van der Waals surface area contributed by atoms with Gasteiger partial charge in [0.05, 0.1) is 22.6 Å². The Kier molecular flexibility index (Phi) is 4.96. The van der Waals surface area contributed by atoms with Crippen LogP contribution in [0.1, 0.15) is 18.9 Å². The molecule has 3 rings (SSSR count). The summed E-state index contributed by atoms with van der Waals surface area (Å²) in [4.78, 5) is 0. The number of hydrogen-bond donors (Lipinski definition) is 0. The molecular weight excluding hydrogens is 351 g/mol. The molecule has 0 aliphatic heterocycles. The number of benzene rings is 2. The van der Waals surface area contributed by atoms with Crippen molar-refractivity contribution in [1.29, 1.82) is 0 Å². The Morgan fingerprint density at radius 2 is 1.65 bits per heavy atom. The Morgan fingerprint density at radius 3 is 2.30 bits per heavy atom. The Labute approximate surface area is 150 Å². The van der Waals surface area contributed by atoms with Gasteiger partial charge in [-0.2, -0.15) is 5.10 Å². The molecule has 2 nitrogen and oxygen atoms in total. The second-order valence-corrected chi connectivity index (χ2v) is 6.56. The quantitative estimate of drug-likeness (QED) is 0.519. The number of aryl methyl sites for hydroxylation is 1. The summed E-state index contributed by atoms with van der Waals surface area (Å²) >= 11 is 18.4. The monoisotopic (exact) mass is 364 g/mol. The second kappa shape index (κ2) is 6.96. The molecule has 0 spiro atoms. The van der Waals surface area contributed by atoms with Crippen molar-refractivity contribution in [1.82, 2.24) is 9.78 Å². The van der Waals surface area contributed by atoms with Crippen molar-refractivity contribution in [3.05, 3.63) is 69.3 Å². The highest BCUT2D eigenvalue weighted by Crippen LogP contribution is 2.32. The van der Waals surface area contributed by atoms with Crippen LogP contribution in [0.5, 0.6) is 0 Å². The predicted octanol–water partition coefficient (Wildman–Crippen LogP) is 6.45. The molecule has 0 bridgehead atoms. The van der Waals surface area contributed by atoms with Gasteiger partial charge in [-0.05, 0) is 42.3 Å². The van der Waals surface area contributed by atoms with E-state index in [0.29, 0.717) is 15.1 Å². The number of nitrogens with zero attached hydrogens (tertiary/aromatic N) is 2. The fourth-order valence-corrected chi connectivity index (χ4v) is 3.20. The summed E-state index contributed by atoms with van der Waals surface area (Å²) in [6.45, 7) is 2.15. The van der Waals surface area contributed by atoms with Crippen LogP contribution in [-0.4, -0.2) is 9.78 Å². The fraction of sp³-hybridized carbons (Fsp3) is 0.167. The highest BCUT2D eigenvalue weighted by Gasteiger charge is 2.16. The molecule has 0 fully saturated rings. The van der Waals surface area contributed by atoms with Crippen LogP contribution in [0.25, 0.3) is 16.9 Å². The molecule has 118 valence electrons. The molecule has 0 atom stereocenters. The third kappa shape index (κ3) is 3.40. The van der Waals surface area contributed by atoms with Gasteiger partial charge in [-0.25, -0.2) is 4.68 Å². The molecule has 0 unspecified atom stereocenters. The van der Waals surface area contributed by atoms with Gasteiger partial charge in [-0.1, -0.05) is 60.3 Å². The van der Waals surface area contributed by atoms with Crippen molar-refractivity contribution < 1.29 is 0 Å². The van der Waals surface area contributed by atoms with Crippen molar-refractivity contribution in [3.63, 3.8) is 0 Å². The lowest BCUT2D eigenvalue weighted by Crippen LogP contribution is -2.01. The smallest absolute Gasteiger partial charge is 0.0840 e. The van der Waals surface area contributed by atoms with Crippen LogP contribution in [0.15, 0.2) is 48.7 Å². The molecule has 0 saturated heterocycles. The number of halogens is 3. The second-order valence-electron chi connectivity index (χ2n) is 5.28. The predicted molar refractivity (Wildman–Crippen MR) is 98.0 cm³/mol. The summed E-state index contributed by atoms with van der Waals surface area (Å²) < 4.78 is 1.87. The lowest BCUT2D eigenvalue weighted by molar-refractivity contribution is 0.886. The number of rotatable bonds is 4. The van der Waals surface area contributed by atoms with Crippen LogP contribution in [0.4, 0.5) is 0 Å². The van der Waals surface area contributed by atoms with E-state index in [9.17, 15) is 0 Å². The van der Waals surface area contributed by atoms with Crippen molar-refractivity contribution in [2.45, 2.75) is 19.8 Å².